The zero-order valence-electron chi connectivity index (χ0n) is 16.8. The van der Waals surface area contributed by atoms with Crippen LogP contribution in [0.25, 0.3) is 10.9 Å². The van der Waals surface area contributed by atoms with Crippen LogP contribution in [0.3, 0.4) is 0 Å². The number of rotatable bonds is 7. The third kappa shape index (κ3) is 4.51. The molecule has 4 rings (SSSR count). The highest BCUT2D eigenvalue weighted by Crippen LogP contribution is 2.36. The van der Waals surface area contributed by atoms with Gasteiger partial charge in [-0.25, -0.2) is 9.97 Å². The van der Waals surface area contributed by atoms with Gasteiger partial charge in [0.25, 0.3) is 0 Å². The predicted molar refractivity (Wildman–Crippen MR) is 115 cm³/mol. The van der Waals surface area contributed by atoms with Crippen molar-refractivity contribution < 1.29 is 18.9 Å². The highest BCUT2D eigenvalue weighted by Gasteiger charge is 2.17. The molecular weight excluding hydrogens is 408 g/mol. The van der Waals surface area contributed by atoms with E-state index in [-0.39, 0.29) is 6.10 Å². The van der Waals surface area contributed by atoms with Crippen molar-refractivity contribution in [1.29, 1.82) is 0 Å². The highest BCUT2D eigenvalue weighted by molar-refractivity contribution is 6.32. The molecule has 3 aromatic rings. The number of aromatic nitrogens is 2. The summed E-state index contributed by atoms with van der Waals surface area (Å²) in [6.07, 6.45) is 1.49. The predicted octanol–water partition coefficient (Wildman–Crippen LogP) is 3.41. The first-order valence-electron chi connectivity index (χ1n) is 9.56. The fraction of sp³-hybridized carbons (Fsp3) is 0.333. The van der Waals surface area contributed by atoms with Crippen LogP contribution in [0.4, 0.5) is 11.5 Å². The van der Waals surface area contributed by atoms with Crippen LogP contribution < -0.4 is 24.8 Å². The highest BCUT2D eigenvalue weighted by atomic mass is 35.5. The van der Waals surface area contributed by atoms with Gasteiger partial charge < -0.3 is 29.6 Å². The molecule has 0 radical (unpaired) electrons. The topological polar surface area (TPSA) is 86.8 Å². The van der Waals surface area contributed by atoms with E-state index in [9.17, 15) is 0 Å². The first-order valence-corrected chi connectivity index (χ1v) is 9.94. The minimum absolute atomic E-state index is 0.00898. The van der Waals surface area contributed by atoms with Crippen molar-refractivity contribution in [2.24, 2.45) is 0 Å². The molecular formula is C21H23ClN4O4. The lowest BCUT2D eigenvalue weighted by atomic mass is 10.2. The van der Waals surface area contributed by atoms with Gasteiger partial charge in [0.15, 0.2) is 11.5 Å². The van der Waals surface area contributed by atoms with Crippen molar-refractivity contribution in [3.05, 3.63) is 41.7 Å². The van der Waals surface area contributed by atoms with Gasteiger partial charge in [-0.3, -0.25) is 0 Å². The van der Waals surface area contributed by atoms with Crippen LogP contribution in [0, 0.1) is 0 Å². The van der Waals surface area contributed by atoms with Gasteiger partial charge in [0.05, 0.1) is 31.4 Å². The van der Waals surface area contributed by atoms with E-state index in [1.807, 2.05) is 24.3 Å². The molecule has 8 nitrogen and oxygen atoms in total. The molecule has 1 aliphatic heterocycles. The second-order valence-electron chi connectivity index (χ2n) is 6.72. The van der Waals surface area contributed by atoms with Gasteiger partial charge in [-0.2, -0.15) is 0 Å². The normalized spacial score (nSPS) is 16.3. The number of nitrogens with zero attached hydrogens (tertiary/aromatic N) is 2. The average Bonchev–Trinajstić information content (AvgIpc) is 2.79. The largest absolute Gasteiger partial charge is 0.495 e. The summed E-state index contributed by atoms with van der Waals surface area (Å²) in [5.74, 6) is 2.41. The molecule has 30 heavy (non-hydrogen) atoms. The Balaban J connectivity index is 1.63. The third-order valence-electron chi connectivity index (χ3n) is 4.76. The zero-order chi connectivity index (χ0) is 20.9. The van der Waals surface area contributed by atoms with E-state index >= 15 is 0 Å². The van der Waals surface area contributed by atoms with Crippen molar-refractivity contribution in [2.45, 2.75) is 6.10 Å². The van der Waals surface area contributed by atoms with Crippen LogP contribution in [-0.2, 0) is 4.74 Å². The minimum Gasteiger partial charge on any atom is -0.495 e. The molecule has 1 aliphatic rings. The van der Waals surface area contributed by atoms with Gasteiger partial charge in [0.2, 0.25) is 0 Å². The number of fused-ring (bicyclic) bond motifs is 1. The van der Waals surface area contributed by atoms with Crippen molar-refractivity contribution >= 4 is 34.0 Å². The summed E-state index contributed by atoms with van der Waals surface area (Å²) < 4.78 is 22.5. The van der Waals surface area contributed by atoms with E-state index < -0.39 is 0 Å². The maximum Gasteiger partial charge on any atom is 0.162 e. The first-order chi connectivity index (χ1) is 14.7. The van der Waals surface area contributed by atoms with Gasteiger partial charge in [-0.05, 0) is 18.2 Å². The van der Waals surface area contributed by atoms with Crippen molar-refractivity contribution in [3.63, 3.8) is 0 Å². The maximum atomic E-state index is 6.12. The number of hydrogen-bond donors (Lipinski definition) is 2. The van der Waals surface area contributed by atoms with Crippen LogP contribution in [0.15, 0.2) is 36.7 Å². The van der Waals surface area contributed by atoms with E-state index in [1.165, 1.54) is 6.33 Å². The van der Waals surface area contributed by atoms with E-state index in [0.717, 1.165) is 29.7 Å². The van der Waals surface area contributed by atoms with Gasteiger partial charge in [-0.1, -0.05) is 11.6 Å². The number of benzene rings is 2. The summed E-state index contributed by atoms with van der Waals surface area (Å²) in [5.41, 5.74) is 1.52. The molecule has 1 unspecified atom stereocenters. The molecule has 0 aliphatic carbocycles. The fourth-order valence-electron chi connectivity index (χ4n) is 3.22. The summed E-state index contributed by atoms with van der Waals surface area (Å²) in [5, 5.41) is 7.92. The Labute approximate surface area is 179 Å². The second kappa shape index (κ2) is 9.34. The lowest BCUT2D eigenvalue weighted by Gasteiger charge is -2.24. The summed E-state index contributed by atoms with van der Waals surface area (Å²) in [6.45, 7) is 2.71. The van der Waals surface area contributed by atoms with Crippen LogP contribution in [0.1, 0.15) is 0 Å². The number of anilines is 2. The van der Waals surface area contributed by atoms with E-state index in [2.05, 4.69) is 20.6 Å². The lowest BCUT2D eigenvalue weighted by molar-refractivity contribution is -0.000232. The number of halogens is 1. The van der Waals surface area contributed by atoms with Crippen molar-refractivity contribution in [2.75, 3.05) is 45.8 Å². The lowest BCUT2D eigenvalue weighted by Crippen LogP contribution is -2.41. The summed E-state index contributed by atoms with van der Waals surface area (Å²) in [4.78, 5) is 8.76. The molecule has 1 saturated heterocycles. The van der Waals surface area contributed by atoms with E-state index in [0.29, 0.717) is 41.3 Å². The Kier molecular flexibility index (Phi) is 6.37. The number of nitrogens with one attached hydrogen (secondary N) is 2. The Morgan fingerprint density at radius 1 is 1.13 bits per heavy atom. The Morgan fingerprint density at radius 2 is 2.00 bits per heavy atom. The quantitative estimate of drug-likeness (QED) is 0.589. The van der Waals surface area contributed by atoms with Gasteiger partial charge in [0, 0.05) is 36.3 Å². The molecule has 2 N–H and O–H groups in total. The summed E-state index contributed by atoms with van der Waals surface area (Å²) in [6, 6.07) is 9.14. The molecule has 158 valence electrons. The molecule has 9 heteroatoms. The molecule has 2 aromatic carbocycles. The number of morpholine rings is 1. The standard InChI is InChI=1S/C21H23ClN4O4/c1-27-18-7-13(3-4-16(18)22)26-21-15-8-20(30-11-14-10-23-5-6-29-14)19(28-2)9-17(15)24-12-25-21/h3-4,7-9,12,14,23H,5-6,10-11H2,1-2H3,(H,24,25,26). The van der Waals surface area contributed by atoms with Crippen LogP contribution in [0.2, 0.25) is 5.02 Å². The third-order valence-corrected chi connectivity index (χ3v) is 5.08. The van der Waals surface area contributed by atoms with Crippen molar-refractivity contribution in [3.8, 4) is 17.2 Å². The molecule has 0 spiro atoms. The van der Waals surface area contributed by atoms with Crippen molar-refractivity contribution in [1.82, 2.24) is 15.3 Å². The first kappa shape index (κ1) is 20.5. The van der Waals surface area contributed by atoms with Crippen LogP contribution in [0.5, 0.6) is 17.2 Å². The average molecular weight is 431 g/mol. The number of ether oxygens (including phenoxy) is 4. The summed E-state index contributed by atoms with van der Waals surface area (Å²) in [7, 11) is 3.18. The zero-order valence-corrected chi connectivity index (χ0v) is 17.5. The molecule has 2 heterocycles. The molecule has 0 saturated carbocycles. The molecule has 1 aromatic heterocycles. The Hall–Kier alpha value is -2.81. The van der Waals surface area contributed by atoms with Crippen LogP contribution in [-0.4, -0.2) is 56.6 Å². The fourth-order valence-corrected chi connectivity index (χ4v) is 3.41. The van der Waals surface area contributed by atoms with Gasteiger partial charge in [0.1, 0.15) is 30.6 Å². The van der Waals surface area contributed by atoms with Gasteiger partial charge in [-0.15, -0.1) is 0 Å². The van der Waals surface area contributed by atoms with Gasteiger partial charge >= 0.3 is 0 Å². The smallest absolute Gasteiger partial charge is 0.162 e. The summed E-state index contributed by atoms with van der Waals surface area (Å²) >= 11 is 6.12. The Bertz CT molecular complexity index is 1030. The minimum atomic E-state index is -0.00898. The van der Waals surface area contributed by atoms with E-state index in [1.54, 1.807) is 20.3 Å². The van der Waals surface area contributed by atoms with E-state index in [4.69, 9.17) is 30.5 Å². The molecule has 0 amide bonds. The molecule has 1 atom stereocenters. The molecule has 1 fully saturated rings. The van der Waals surface area contributed by atoms with Crippen LogP contribution >= 0.6 is 11.6 Å². The second-order valence-corrected chi connectivity index (χ2v) is 7.13. The number of methoxy groups -OCH3 is 2. The monoisotopic (exact) mass is 430 g/mol. The SMILES string of the molecule is COc1cc(Nc2ncnc3cc(OC)c(OCC4CNCCO4)cc23)ccc1Cl. The number of hydrogen-bond acceptors (Lipinski definition) is 8. The Morgan fingerprint density at radius 3 is 2.77 bits per heavy atom. The maximum absolute atomic E-state index is 6.12. The molecule has 0 bridgehead atoms.